The van der Waals surface area contributed by atoms with E-state index in [0.29, 0.717) is 18.8 Å². The molecular weight excluding hydrogens is 298 g/mol. The molecule has 2 rings (SSSR count). The van der Waals surface area contributed by atoms with Crippen LogP contribution in [-0.4, -0.2) is 41.0 Å². The van der Waals surface area contributed by atoms with E-state index < -0.39 is 30.2 Å². The summed E-state index contributed by atoms with van der Waals surface area (Å²) in [5.41, 5.74) is -0.994. The standard InChI is InChI=1S/C16H23N3O4/c1-10-5-15(3,4)9-16(6-10)13(21)19(14(22)18-16)8-12(20)23-11(2)7-17/h10-11H,5-6,8-9H2,1-4H3,(H,18,22)/t10-,11+,16+/m1/s1. The Morgan fingerprint density at radius 2 is 2.13 bits per heavy atom. The van der Waals surface area contributed by atoms with Gasteiger partial charge in [0.25, 0.3) is 5.91 Å². The molecule has 2 aliphatic rings. The molecule has 1 spiro atoms. The first kappa shape index (κ1) is 17.3. The van der Waals surface area contributed by atoms with Crippen LogP contribution in [-0.2, 0) is 14.3 Å². The second-order valence-electron chi connectivity index (χ2n) is 7.52. The molecule has 0 aromatic rings. The van der Waals surface area contributed by atoms with Gasteiger partial charge < -0.3 is 10.1 Å². The fraction of sp³-hybridized carbons (Fsp3) is 0.750. The number of rotatable bonds is 3. The van der Waals surface area contributed by atoms with Crippen LogP contribution < -0.4 is 5.32 Å². The average Bonchev–Trinajstić information content (AvgIpc) is 2.60. The Kier molecular flexibility index (Phi) is 4.38. The Bertz CT molecular complexity index is 580. The molecule has 3 amide bonds. The van der Waals surface area contributed by atoms with Gasteiger partial charge in [-0.3, -0.25) is 14.5 Å². The van der Waals surface area contributed by atoms with E-state index in [0.717, 1.165) is 11.3 Å². The predicted octanol–water partition coefficient (Wildman–Crippen LogP) is 1.58. The molecule has 0 unspecified atom stereocenters. The van der Waals surface area contributed by atoms with Gasteiger partial charge in [-0.05, 0) is 37.5 Å². The van der Waals surface area contributed by atoms with Gasteiger partial charge in [0, 0.05) is 0 Å². The topological polar surface area (TPSA) is 99.5 Å². The molecule has 1 saturated heterocycles. The van der Waals surface area contributed by atoms with Gasteiger partial charge in [0.05, 0.1) is 0 Å². The van der Waals surface area contributed by atoms with Crippen LogP contribution in [0, 0.1) is 22.7 Å². The molecule has 0 aromatic carbocycles. The third-order valence-corrected chi connectivity index (χ3v) is 4.40. The Hall–Kier alpha value is -2.10. The number of amides is 3. The summed E-state index contributed by atoms with van der Waals surface area (Å²) in [5, 5.41) is 11.4. The number of carbonyl (C=O) groups excluding carboxylic acids is 3. The van der Waals surface area contributed by atoms with Crippen molar-refractivity contribution in [1.82, 2.24) is 10.2 Å². The number of nitriles is 1. The molecule has 0 radical (unpaired) electrons. The van der Waals surface area contributed by atoms with Crippen molar-refractivity contribution in [3.05, 3.63) is 0 Å². The largest absolute Gasteiger partial charge is 0.446 e. The summed E-state index contributed by atoms with van der Waals surface area (Å²) in [4.78, 5) is 37.7. The molecule has 1 aliphatic carbocycles. The van der Waals surface area contributed by atoms with Crippen LogP contribution in [0.15, 0.2) is 0 Å². The summed E-state index contributed by atoms with van der Waals surface area (Å²) in [7, 11) is 0. The molecule has 1 aliphatic heterocycles. The number of nitrogens with one attached hydrogen (secondary N) is 1. The van der Waals surface area contributed by atoms with Gasteiger partial charge in [-0.2, -0.15) is 5.26 Å². The van der Waals surface area contributed by atoms with Crippen LogP contribution in [0.5, 0.6) is 0 Å². The number of esters is 1. The first-order valence-corrected chi connectivity index (χ1v) is 7.82. The molecule has 1 saturated carbocycles. The fourth-order valence-electron chi connectivity index (χ4n) is 4.04. The van der Waals surface area contributed by atoms with Crippen molar-refractivity contribution in [2.24, 2.45) is 11.3 Å². The average molecular weight is 321 g/mol. The molecule has 1 N–H and O–H groups in total. The van der Waals surface area contributed by atoms with Crippen LogP contribution in [0.25, 0.3) is 0 Å². The van der Waals surface area contributed by atoms with E-state index in [1.165, 1.54) is 6.92 Å². The molecule has 3 atom stereocenters. The summed E-state index contributed by atoms with van der Waals surface area (Å²) in [6.07, 6.45) is 1.20. The molecule has 126 valence electrons. The van der Waals surface area contributed by atoms with E-state index in [-0.39, 0.29) is 11.3 Å². The van der Waals surface area contributed by atoms with E-state index in [1.807, 2.05) is 0 Å². The maximum atomic E-state index is 12.8. The number of hydrogen-bond donors (Lipinski definition) is 1. The smallest absolute Gasteiger partial charge is 0.327 e. The Balaban J connectivity index is 2.14. The van der Waals surface area contributed by atoms with Crippen LogP contribution in [0.2, 0.25) is 0 Å². The molecule has 23 heavy (non-hydrogen) atoms. The van der Waals surface area contributed by atoms with Crippen molar-refractivity contribution in [3.8, 4) is 6.07 Å². The number of imide groups is 1. The highest BCUT2D eigenvalue weighted by molar-refractivity contribution is 6.08. The molecular formula is C16H23N3O4. The highest BCUT2D eigenvalue weighted by Crippen LogP contribution is 2.46. The lowest BCUT2D eigenvalue weighted by Gasteiger charge is -2.43. The van der Waals surface area contributed by atoms with Crippen molar-refractivity contribution in [2.75, 3.05) is 6.54 Å². The summed E-state index contributed by atoms with van der Waals surface area (Å²) < 4.78 is 4.82. The van der Waals surface area contributed by atoms with Crippen LogP contribution in [0.1, 0.15) is 47.0 Å². The van der Waals surface area contributed by atoms with Gasteiger partial charge in [0.2, 0.25) is 0 Å². The minimum Gasteiger partial charge on any atom is -0.446 e. The van der Waals surface area contributed by atoms with Crippen molar-refractivity contribution in [3.63, 3.8) is 0 Å². The van der Waals surface area contributed by atoms with Crippen molar-refractivity contribution in [1.29, 1.82) is 5.26 Å². The Morgan fingerprint density at radius 1 is 1.48 bits per heavy atom. The van der Waals surface area contributed by atoms with E-state index in [2.05, 4.69) is 26.1 Å². The zero-order valence-corrected chi connectivity index (χ0v) is 14.0. The molecule has 7 heteroatoms. The summed E-state index contributed by atoms with van der Waals surface area (Å²) >= 11 is 0. The predicted molar refractivity (Wildman–Crippen MR) is 80.9 cm³/mol. The van der Waals surface area contributed by atoms with Crippen LogP contribution in [0.3, 0.4) is 0 Å². The monoisotopic (exact) mass is 321 g/mol. The van der Waals surface area contributed by atoms with Gasteiger partial charge >= 0.3 is 12.0 Å². The van der Waals surface area contributed by atoms with Gasteiger partial charge in [-0.15, -0.1) is 0 Å². The van der Waals surface area contributed by atoms with E-state index in [9.17, 15) is 14.4 Å². The lowest BCUT2D eigenvalue weighted by Crippen LogP contribution is -2.54. The van der Waals surface area contributed by atoms with Crippen molar-refractivity contribution < 1.29 is 19.1 Å². The second-order valence-corrected chi connectivity index (χ2v) is 7.52. The zero-order chi connectivity index (χ0) is 17.4. The highest BCUT2D eigenvalue weighted by atomic mass is 16.5. The molecule has 0 aromatic heterocycles. The lowest BCUT2D eigenvalue weighted by molar-refractivity contribution is -0.150. The third-order valence-electron chi connectivity index (χ3n) is 4.40. The van der Waals surface area contributed by atoms with Gasteiger partial charge in [-0.25, -0.2) is 4.79 Å². The molecule has 0 bridgehead atoms. The summed E-state index contributed by atoms with van der Waals surface area (Å²) in [6, 6.07) is 1.20. The quantitative estimate of drug-likeness (QED) is 0.628. The summed E-state index contributed by atoms with van der Waals surface area (Å²) in [5.74, 6) is -0.833. The first-order chi connectivity index (χ1) is 10.6. The number of hydrogen-bond acceptors (Lipinski definition) is 5. The number of urea groups is 1. The van der Waals surface area contributed by atoms with Gasteiger partial charge in [0.1, 0.15) is 18.2 Å². The zero-order valence-electron chi connectivity index (χ0n) is 14.0. The minimum absolute atomic E-state index is 0.0630. The minimum atomic E-state index is -0.931. The molecule has 2 fully saturated rings. The fourth-order valence-corrected chi connectivity index (χ4v) is 4.04. The maximum absolute atomic E-state index is 12.8. The van der Waals surface area contributed by atoms with Crippen molar-refractivity contribution >= 4 is 17.9 Å². The molecule has 1 heterocycles. The second kappa shape index (κ2) is 5.84. The third kappa shape index (κ3) is 3.46. The SMILES string of the molecule is C[C@@H]1CC(C)(C)C[C@]2(C1)NC(=O)N(CC(=O)O[C@@H](C)C#N)C2=O. The number of ether oxygens (including phenoxy) is 1. The normalized spacial score (nSPS) is 30.7. The highest BCUT2D eigenvalue weighted by Gasteiger charge is 2.56. The lowest BCUT2D eigenvalue weighted by atomic mass is 9.64. The summed E-state index contributed by atoms with van der Waals surface area (Å²) in [6.45, 7) is 7.18. The Morgan fingerprint density at radius 3 is 2.70 bits per heavy atom. The van der Waals surface area contributed by atoms with E-state index >= 15 is 0 Å². The van der Waals surface area contributed by atoms with Crippen LogP contribution in [0.4, 0.5) is 4.79 Å². The molecule has 7 nitrogen and oxygen atoms in total. The van der Waals surface area contributed by atoms with Gasteiger partial charge in [-0.1, -0.05) is 20.8 Å². The Labute approximate surface area is 136 Å². The van der Waals surface area contributed by atoms with Crippen LogP contribution >= 0.6 is 0 Å². The van der Waals surface area contributed by atoms with E-state index in [4.69, 9.17) is 10.00 Å². The number of nitrogens with zero attached hydrogens (tertiary/aromatic N) is 2. The van der Waals surface area contributed by atoms with Gasteiger partial charge in [0.15, 0.2) is 6.10 Å². The van der Waals surface area contributed by atoms with Crippen molar-refractivity contribution in [2.45, 2.75) is 58.6 Å². The van der Waals surface area contributed by atoms with E-state index in [1.54, 1.807) is 6.07 Å². The maximum Gasteiger partial charge on any atom is 0.327 e. The first-order valence-electron chi connectivity index (χ1n) is 7.82. The number of carbonyl (C=O) groups is 3.